The van der Waals surface area contributed by atoms with Gasteiger partial charge in [0.25, 0.3) is 0 Å². The molecule has 0 aromatic heterocycles. The minimum Gasteiger partial charge on any atom is -0.497 e. The topological polar surface area (TPSA) is 9.23 Å². The molecule has 0 spiro atoms. The molecule has 0 saturated carbocycles. The Morgan fingerprint density at radius 2 is 1.80 bits per heavy atom. The Morgan fingerprint density at radius 1 is 1.30 bits per heavy atom. The summed E-state index contributed by atoms with van der Waals surface area (Å²) in [6, 6.07) is 7.03. The molecule has 0 aliphatic rings. The predicted octanol–water partition coefficient (Wildman–Crippen LogP) is 2.70. The highest BCUT2D eigenvalue weighted by atomic mass is 127. The van der Waals surface area contributed by atoms with Crippen molar-refractivity contribution in [3.8, 4) is 5.75 Å². The minimum absolute atomic E-state index is 0.896. The number of methoxy groups -OCH3 is 1. The monoisotopic (exact) mass is 359 g/mol. The summed E-state index contributed by atoms with van der Waals surface area (Å²) in [6.45, 7) is 0. The first kappa shape index (κ1) is 8.58. The Kier molecular flexibility index (Phi) is 3.22. The maximum atomic E-state index is 5.05. The van der Waals surface area contributed by atoms with Crippen molar-refractivity contribution in [2.75, 3.05) is 7.11 Å². The second-order valence-electron chi connectivity index (χ2n) is 1.72. The lowest BCUT2D eigenvalue weighted by Gasteiger charge is -1.99. The normalized spacial score (nSPS) is 9.50. The summed E-state index contributed by atoms with van der Waals surface area (Å²) >= 11 is 4.43. The second kappa shape index (κ2) is 3.75. The quantitative estimate of drug-likeness (QED) is 0.701. The maximum absolute atomic E-state index is 5.05. The first-order valence-electron chi connectivity index (χ1n) is 2.65. The SMILES string of the molecule is COc1cc(I)[c]c(I)c1. The lowest BCUT2D eigenvalue weighted by molar-refractivity contribution is 0.414. The van der Waals surface area contributed by atoms with E-state index in [0.717, 1.165) is 12.9 Å². The molecular weight excluding hydrogens is 354 g/mol. The number of benzene rings is 1. The molecular formula is C7H5I2O. The zero-order chi connectivity index (χ0) is 7.56. The van der Waals surface area contributed by atoms with E-state index in [0.29, 0.717) is 0 Å². The van der Waals surface area contributed by atoms with Crippen LogP contribution in [0.5, 0.6) is 5.75 Å². The fraction of sp³-hybridized carbons (Fsp3) is 0.143. The molecule has 0 bridgehead atoms. The molecule has 0 aliphatic heterocycles. The third kappa shape index (κ3) is 2.26. The van der Waals surface area contributed by atoms with Crippen LogP contribution < -0.4 is 4.74 Å². The fourth-order valence-corrected chi connectivity index (χ4v) is 2.31. The molecule has 0 unspecified atom stereocenters. The maximum Gasteiger partial charge on any atom is 0.121 e. The van der Waals surface area contributed by atoms with Crippen LogP contribution in [0.4, 0.5) is 0 Å². The van der Waals surface area contributed by atoms with Crippen LogP contribution >= 0.6 is 45.2 Å². The van der Waals surface area contributed by atoms with Gasteiger partial charge in [0, 0.05) is 13.2 Å². The molecule has 1 aromatic carbocycles. The second-order valence-corrected chi connectivity index (χ2v) is 4.04. The Labute approximate surface area is 87.4 Å². The van der Waals surface area contributed by atoms with E-state index < -0.39 is 0 Å². The molecule has 0 fully saturated rings. The average Bonchev–Trinajstić information content (AvgIpc) is 1.85. The van der Waals surface area contributed by atoms with E-state index in [1.165, 1.54) is 0 Å². The summed E-state index contributed by atoms with van der Waals surface area (Å²) in [6.07, 6.45) is 0. The van der Waals surface area contributed by atoms with E-state index in [2.05, 4.69) is 51.2 Å². The van der Waals surface area contributed by atoms with Crippen LogP contribution in [0.15, 0.2) is 12.1 Å². The zero-order valence-electron chi connectivity index (χ0n) is 5.32. The third-order valence-electron chi connectivity index (χ3n) is 1.01. The van der Waals surface area contributed by atoms with Crippen LogP contribution in [-0.2, 0) is 0 Å². The van der Waals surface area contributed by atoms with Crippen molar-refractivity contribution in [2.45, 2.75) is 0 Å². The van der Waals surface area contributed by atoms with Gasteiger partial charge in [0.1, 0.15) is 5.75 Å². The fourth-order valence-electron chi connectivity index (χ4n) is 0.596. The molecule has 1 radical (unpaired) electrons. The van der Waals surface area contributed by atoms with E-state index in [-0.39, 0.29) is 0 Å². The molecule has 0 aliphatic carbocycles. The first-order valence-corrected chi connectivity index (χ1v) is 4.80. The van der Waals surface area contributed by atoms with Crippen molar-refractivity contribution in [1.29, 1.82) is 0 Å². The summed E-state index contributed by atoms with van der Waals surface area (Å²) in [7, 11) is 1.67. The van der Waals surface area contributed by atoms with Gasteiger partial charge in [0.15, 0.2) is 0 Å². The van der Waals surface area contributed by atoms with Crippen LogP contribution in [0.1, 0.15) is 0 Å². The first-order chi connectivity index (χ1) is 4.72. The molecule has 0 atom stereocenters. The predicted molar refractivity (Wildman–Crippen MR) is 57.3 cm³/mol. The number of ether oxygens (including phenoxy) is 1. The smallest absolute Gasteiger partial charge is 0.121 e. The minimum atomic E-state index is 0.896. The van der Waals surface area contributed by atoms with E-state index in [9.17, 15) is 0 Å². The third-order valence-corrected chi connectivity index (χ3v) is 2.17. The molecule has 0 saturated heterocycles. The van der Waals surface area contributed by atoms with Crippen LogP contribution in [0.2, 0.25) is 0 Å². The van der Waals surface area contributed by atoms with Gasteiger partial charge in [-0.2, -0.15) is 0 Å². The van der Waals surface area contributed by atoms with Gasteiger partial charge < -0.3 is 4.74 Å². The standard InChI is InChI=1S/C7H5I2O/c1-10-7-3-5(8)2-6(9)4-7/h3-4H,1H3. The Balaban J connectivity index is 3.06. The number of rotatable bonds is 1. The largest absolute Gasteiger partial charge is 0.497 e. The highest BCUT2D eigenvalue weighted by Crippen LogP contribution is 2.18. The molecule has 3 heteroatoms. The molecule has 10 heavy (non-hydrogen) atoms. The van der Waals surface area contributed by atoms with Crippen LogP contribution in [0, 0.1) is 13.2 Å². The van der Waals surface area contributed by atoms with Crippen molar-refractivity contribution in [3.05, 3.63) is 25.3 Å². The molecule has 1 rings (SSSR count). The van der Waals surface area contributed by atoms with Gasteiger partial charge in [0.05, 0.1) is 7.11 Å². The van der Waals surface area contributed by atoms with Gasteiger partial charge in [-0.15, -0.1) is 0 Å². The van der Waals surface area contributed by atoms with Crippen molar-refractivity contribution < 1.29 is 4.74 Å². The van der Waals surface area contributed by atoms with Gasteiger partial charge in [-0.3, -0.25) is 0 Å². The summed E-state index contributed by atoms with van der Waals surface area (Å²) in [4.78, 5) is 0. The summed E-state index contributed by atoms with van der Waals surface area (Å²) < 4.78 is 7.22. The van der Waals surface area contributed by atoms with Gasteiger partial charge in [0.2, 0.25) is 0 Å². The van der Waals surface area contributed by atoms with E-state index >= 15 is 0 Å². The lowest BCUT2D eigenvalue weighted by Crippen LogP contribution is -1.84. The molecule has 0 heterocycles. The van der Waals surface area contributed by atoms with E-state index in [4.69, 9.17) is 4.74 Å². The van der Waals surface area contributed by atoms with Gasteiger partial charge in [-0.25, -0.2) is 0 Å². The van der Waals surface area contributed by atoms with Crippen molar-refractivity contribution >= 4 is 45.2 Å². The molecule has 53 valence electrons. The number of halogens is 2. The van der Waals surface area contributed by atoms with Crippen molar-refractivity contribution in [1.82, 2.24) is 0 Å². The molecule has 1 nitrogen and oxygen atoms in total. The molecule has 1 aromatic rings. The highest BCUT2D eigenvalue weighted by Gasteiger charge is 1.95. The van der Waals surface area contributed by atoms with E-state index in [1.54, 1.807) is 7.11 Å². The summed E-state index contributed by atoms with van der Waals surface area (Å²) in [5, 5.41) is 0. The van der Waals surface area contributed by atoms with Crippen molar-refractivity contribution in [2.24, 2.45) is 0 Å². The van der Waals surface area contributed by atoms with Crippen LogP contribution in [0.3, 0.4) is 0 Å². The van der Waals surface area contributed by atoms with Crippen molar-refractivity contribution in [3.63, 3.8) is 0 Å². The summed E-state index contributed by atoms with van der Waals surface area (Å²) in [5.41, 5.74) is 0. The van der Waals surface area contributed by atoms with Crippen LogP contribution in [-0.4, -0.2) is 7.11 Å². The lowest BCUT2D eigenvalue weighted by atomic mass is 10.3. The number of hydrogen-bond donors (Lipinski definition) is 0. The van der Waals surface area contributed by atoms with Gasteiger partial charge in [-0.1, -0.05) is 0 Å². The average molecular weight is 359 g/mol. The Bertz CT molecular complexity index is 215. The summed E-state index contributed by atoms with van der Waals surface area (Å²) in [5.74, 6) is 0.896. The highest BCUT2D eigenvalue weighted by molar-refractivity contribution is 14.1. The zero-order valence-corrected chi connectivity index (χ0v) is 9.63. The molecule has 0 amide bonds. The molecule has 0 N–H and O–H groups in total. The van der Waals surface area contributed by atoms with Crippen LogP contribution in [0.25, 0.3) is 0 Å². The number of hydrogen-bond acceptors (Lipinski definition) is 1. The Hall–Kier alpha value is 0.480. The van der Waals surface area contributed by atoms with E-state index in [1.807, 2.05) is 12.1 Å². The van der Waals surface area contributed by atoms with Gasteiger partial charge >= 0.3 is 0 Å². The Morgan fingerprint density at radius 3 is 2.20 bits per heavy atom. The van der Waals surface area contributed by atoms with Gasteiger partial charge in [-0.05, 0) is 57.3 Å².